The zero-order valence-electron chi connectivity index (χ0n) is 45.1. The van der Waals surface area contributed by atoms with Gasteiger partial charge in [0.05, 0.1) is 0 Å². The lowest BCUT2D eigenvalue weighted by molar-refractivity contribution is -0.167. The van der Waals surface area contributed by atoms with Crippen molar-refractivity contribution in [3.63, 3.8) is 0 Å². The predicted octanol–water partition coefficient (Wildman–Crippen LogP) is 19.6. The number of hydrogen-bond donors (Lipinski definition) is 0. The topological polar surface area (TPSA) is 78.9 Å². The van der Waals surface area contributed by atoms with Gasteiger partial charge in [-0.25, -0.2) is 0 Å². The SMILES string of the molecule is CC/C=C\C/C=C\C/C=C\C/C=C\CCCCCCCCCCCCCCCCCCC(=O)OCC(COC(=O)CCCCCCC/C=C\CCC)OC(=O)CCCCCCCCCCCCC. The van der Waals surface area contributed by atoms with E-state index in [9.17, 15) is 14.4 Å². The van der Waals surface area contributed by atoms with Crippen molar-refractivity contribution in [2.75, 3.05) is 13.2 Å². The third-order valence-corrected chi connectivity index (χ3v) is 12.7. The van der Waals surface area contributed by atoms with Gasteiger partial charge in [0.1, 0.15) is 13.2 Å². The van der Waals surface area contributed by atoms with Crippen LogP contribution in [0.4, 0.5) is 0 Å². The van der Waals surface area contributed by atoms with Crippen molar-refractivity contribution in [3.05, 3.63) is 60.8 Å². The van der Waals surface area contributed by atoms with Gasteiger partial charge in [0.2, 0.25) is 0 Å². The number of rotatable bonds is 53. The summed E-state index contributed by atoms with van der Waals surface area (Å²) in [6.45, 7) is 6.47. The molecule has 0 rings (SSSR count). The molecule has 0 heterocycles. The third-order valence-electron chi connectivity index (χ3n) is 12.7. The maximum Gasteiger partial charge on any atom is 0.306 e. The van der Waals surface area contributed by atoms with Gasteiger partial charge in [0.15, 0.2) is 6.10 Å². The van der Waals surface area contributed by atoms with Gasteiger partial charge in [0, 0.05) is 19.3 Å². The first-order chi connectivity index (χ1) is 33.5. The molecular formula is C62H110O6. The molecule has 0 aromatic rings. The van der Waals surface area contributed by atoms with E-state index in [-0.39, 0.29) is 31.1 Å². The van der Waals surface area contributed by atoms with E-state index in [0.717, 1.165) is 96.3 Å². The minimum absolute atomic E-state index is 0.0728. The lowest BCUT2D eigenvalue weighted by Gasteiger charge is -2.18. The molecule has 0 spiro atoms. The molecule has 6 nitrogen and oxygen atoms in total. The van der Waals surface area contributed by atoms with Crippen molar-refractivity contribution < 1.29 is 28.6 Å². The van der Waals surface area contributed by atoms with Crippen LogP contribution < -0.4 is 0 Å². The van der Waals surface area contributed by atoms with Crippen molar-refractivity contribution >= 4 is 17.9 Å². The Kier molecular flexibility index (Phi) is 54.3. The smallest absolute Gasteiger partial charge is 0.306 e. The predicted molar refractivity (Wildman–Crippen MR) is 293 cm³/mol. The van der Waals surface area contributed by atoms with Crippen molar-refractivity contribution in [1.29, 1.82) is 0 Å². The fraction of sp³-hybridized carbons (Fsp3) is 0.790. The largest absolute Gasteiger partial charge is 0.462 e. The molecule has 0 aromatic heterocycles. The Labute approximate surface area is 421 Å². The standard InChI is InChI=1S/C62H110O6/c1-4-7-10-13-16-19-22-23-24-25-26-27-28-29-30-31-32-33-34-35-36-37-38-39-41-43-46-49-52-55-61(64)67-58-59(57-66-60(63)54-51-48-45-42-21-18-15-12-9-6-3)68-62(65)56-53-50-47-44-40-20-17-14-11-8-5-2/h7,10,12,15-16,19,23-24,26-27,59H,4-6,8-9,11,13-14,17-18,20-22,25,28-58H2,1-3H3/b10-7-,15-12-,19-16-,24-23-,27-26-. The zero-order chi connectivity index (χ0) is 49.3. The number of allylic oxidation sites excluding steroid dienone is 10. The van der Waals surface area contributed by atoms with Gasteiger partial charge in [0.25, 0.3) is 0 Å². The number of ether oxygens (including phenoxy) is 3. The first-order valence-electron chi connectivity index (χ1n) is 29.3. The van der Waals surface area contributed by atoms with Gasteiger partial charge in [-0.1, -0.05) is 261 Å². The summed E-state index contributed by atoms with van der Waals surface area (Å²) >= 11 is 0. The normalized spacial score (nSPS) is 12.5. The van der Waals surface area contributed by atoms with Gasteiger partial charge in [-0.05, 0) is 77.0 Å². The maximum atomic E-state index is 12.8. The number of carbonyl (C=O) groups is 3. The molecule has 6 heteroatoms. The fourth-order valence-electron chi connectivity index (χ4n) is 8.38. The first-order valence-corrected chi connectivity index (χ1v) is 29.3. The van der Waals surface area contributed by atoms with E-state index in [1.165, 1.54) is 161 Å². The van der Waals surface area contributed by atoms with E-state index in [2.05, 4.69) is 81.5 Å². The minimum Gasteiger partial charge on any atom is -0.462 e. The van der Waals surface area contributed by atoms with Crippen molar-refractivity contribution in [2.45, 2.75) is 303 Å². The second kappa shape index (κ2) is 56.7. The van der Waals surface area contributed by atoms with Crippen LogP contribution in [0.2, 0.25) is 0 Å². The molecular weight excluding hydrogens is 841 g/mol. The lowest BCUT2D eigenvalue weighted by atomic mass is 10.0. The van der Waals surface area contributed by atoms with Crippen molar-refractivity contribution in [3.8, 4) is 0 Å². The molecule has 0 bridgehead atoms. The quantitative estimate of drug-likeness (QED) is 0.0262. The van der Waals surface area contributed by atoms with Crippen LogP contribution in [0.15, 0.2) is 60.8 Å². The summed E-state index contributed by atoms with van der Waals surface area (Å²) in [5.41, 5.74) is 0. The fourth-order valence-corrected chi connectivity index (χ4v) is 8.38. The third kappa shape index (κ3) is 54.1. The molecule has 0 N–H and O–H groups in total. The van der Waals surface area contributed by atoms with E-state index in [4.69, 9.17) is 14.2 Å². The van der Waals surface area contributed by atoms with E-state index in [1.807, 2.05) is 0 Å². The molecule has 0 aliphatic carbocycles. The second-order valence-electron chi connectivity index (χ2n) is 19.5. The molecule has 0 aliphatic rings. The molecule has 0 fully saturated rings. The van der Waals surface area contributed by atoms with E-state index >= 15 is 0 Å². The summed E-state index contributed by atoms with van der Waals surface area (Å²) < 4.78 is 16.8. The summed E-state index contributed by atoms with van der Waals surface area (Å²) in [6.07, 6.45) is 71.0. The van der Waals surface area contributed by atoms with E-state index < -0.39 is 6.10 Å². The monoisotopic (exact) mass is 951 g/mol. The summed E-state index contributed by atoms with van der Waals surface area (Å²) in [5.74, 6) is -0.874. The van der Waals surface area contributed by atoms with Crippen LogP contribution in [0.3, 0.4) is 0 Å². The average molecular weight is 952 g/mol. The maximum absolute atomic E-state index is 12.8. The zero-order valence-corrected chi connectivity index (χ0v) is 45.1. The average Bonchev–Trinajstić information content (AvgIpc) is 3.34. The Hall–Kier alpha value is -2.89. The molecule has 0 saturated heterocycles. The Balaban J connectivity index is 4.08. The highest BCUT2D eigenvalue weighted by molar-refractivity contribution is 5.71. The number of esters is 3. The number of hydrogen-bond acceptors (Lipinski definition) is 6. The molecule has 1 atom stereocenters. The van der Waals surface area contributed by atoms with Crippen molar-refractivity contribution in [2.24, 2.45) is 0 Å². The van der Waals surface area contributed by atoms with Gasteiger partial charge in [-0.2, -0.15) is 0 Å². The van der Waals surface area contributed by atoms with E-state index in [1.54, 1.807) is 0 Å². The van der Waals surface area contributed by atoms with Crippen molar-refractivity contribution in [1.82, 2.24) is 0 Å². The summed E-state index contributed by atoms with van der Waals surface area (Å²) in [7, 11) is 0. The summed E-state index contributed by atoms with van der Waals surface area (Å²) in [6, 6.07) is 0. The first kappa shape index (κ1) is 65.1. The molecule has 1 unspecified atom stereocenters. The molecule has 394 valence electrons. The Morgan fingerprint density at radius 3 is 0.971 bits per heavy atom. The molecule has 0 aliphatic heterocycles. The number of carbonyl (C=O) groups excluding carboxylic acids is 3. The van der Waals surface area contributed by atoms with Crippen LogP contribution in [0.1, 0.15) is 297 Å². The molecule has 0 aromatic carbocycles. The van der Waals surface area contributed by atoms with Gasteiger partial charge in [-0.15, -0.1) is 0 Å². The van der Waals surface area contributed by atoms with Gasteiger partial charge >= 0.3 is 17.9 Å². The van der Waals surface area contributed by atoms with Crippen LogP contribution in [0.25, 0.3) is 0 Å². The second-order valence-corrected chi connectivity index (χ2v) is 19.5. The molecule has 0 amide bonds. The highest BCUT2D eigenvalue weighted by Gasteiger charge is 2.19. The minimum atomic E-state index is -0.772. The summed E-state index contributed by atoms with van der Waals surface area (Å²) in [4.78, 5) is 38.0. The van der Waals surface area contributed by atoms with Crippen LogP contribution in [0, 0.1) is 0 Å². The summed E-state index contributed by atoms with van der Waals surface area (Å²) in [5, 5.41) is 0. The van der Waals surface area contributed by atoms with Crippen LogP contribution >= 0.6 is 0 Å². The van der Waals surface area contributed by atoms with Gasteiger partial charge < -0.3 is 14.2 Å². The Bertz CT molecular complexity index is 1230. The lowest BCUT2D eigenvalue weighted by Crippen LogP contribution is -2.30. The molecule has 68 heavy (non-hydrogen) atoms. The highest BCUT2D eigenvalue weighted by Crippen LogP contribution is 2.17. The highest BCUT2D eigenvalue weighted by atomic mass is 16.6. The number of unbranched alkanes of at least 4 members (excludes halogenated alkanes) is 32. The van der Waals surface area contributed by atoms with E-state index in [0.29, 0.717) is 19.3 Å². The van der Waals surface area contributed by atoms with Gasteiger partial charge in [-0.3, -0.25) is 14.4 Å². The van der Waals surface area contributed by atoms with Crippen LogP contribution in [-0.2, 0) is 28.6 Å². The Morgan fingerprint density at radius 1 is 0.309 bits per heavy atom. The van der Waals surface area contributed by atoms with Crippen LogP contribution in [0.5, 0.6) is 0 Å². The molecule has 0 saturated carbocycles. The Morgan fingerprint density at radius 2 is 0.603 bits per heavy atom. The molecule has 0 radical (unpaired) electrons. The van der Waals surface area contributed by atoms with Crippen LogP contribution in [-0.4, -0.2) is 37.2 Å².